The van der Waals surface area contributed by atoms with Gasteiger partial charge in [-0.05, 0) is 39.0 Å². The lowest BCUT2D eigenvalue weighted by Crippen LogP contribution is -2.48. The number of hydrogen-bond donors (Lipinski definition) is 2. The summed E-state index contributed by atoms with van der Waals surface area (Å²) in [6.45, 7) is 8.00. The number of allylic oxidation sites excluding steroid dienone is 1. The van der Waals surface area contributed by atoms with Crippen molar-refractivity contribution in [3.05, 3.63) is 108 Å². The molecule has 37 heavy (non-hydrogen) atoms. The predicted molar refractivity (Wildman–Crippen MR) is 144 cm³/mol. The third-order valence-electron chi connectivity index (χ3n) is 4.96. The molecule has 0 radical (unpaired) electrons. The first kappa shape index (κ1) is 29.2. The summed E-state index contributed by atoms with van der Waals surface area (Å²) in [6.07, 6.45) is 1.75. The summed E-state index contributed by atoms with van der Waals surface area (Å²) in [5, 5.41) is 4.80. The predicted octanol–water partition coefficient (Wildman–Crippen LogP) is 6.06. The topological polar surface area (TPSA) is 95.6 Å². The number of nitrogens with one attached hydrogen (secondary N) is 2. The number of sulfonamides is 1. The van der Waals surface area contributed by atoms with Gasteiger partial charge >= 0.3 is 6.03 Å². The van der Waals surface area contributed by atoms with E-state index < -0.39 is 46.2 Å². The number of nitrogens with zero attached hydrogens (tertiary/aromatic N) is 1. The quantitative estimate of drug-likeness (QED) is 0.399. The zero-order valence-corrected chi connectivity index (χ0v) is 21.6. The molecule has 200 valence electrons. The van der Waals surface area contributed by atoms with Crippen molar-refractivity contribution in [2.75, 3.05) is 11.9 Å². The summed E-state index contributed by atoms with van der Waals surface area (Å²) in [5.74, 6) is -2.42. The molecule has 0 aromatic heterocycles. The van der Waals surface area contributed by atoms with E-state index in [1.165, 1.54) is 36.8 Å². The SMILES string of the molecule is C=CC.C[C@H](NC(=O)CN1C(=O)Nc2ccccc2S1(=O)=O)c1ccc(F)cc1F.Cc1ccccc1.[HH].[HH]. The first-order chi connectivity index (χ1) is 17.5. The summed E-state index contributed by atoms with van der Waals surface area (Å²) in [4.78, 5) is 24.2. The van der Waals surface area contributed by atoms with E-state index >= 15 is 0 Å². The Morgan fingerprint density at radius 2 is 1.70 bits per heavy atom. The van der Waals surface area contributed by atoms with Gasteiger partial charge in [0.15, 0.2) is 0 Å². The van der Waals surface area contributed by atoms with E-state index in [1.807, 2.05) is 25.1 Å². The van der Waals surface area contributed by atoms with Gasteiger partial charge in [0, 0.05) is 14.5 Å². The van der Waals surface area contributed by atoms with Gasteiger partial charge in [-0.15, -0.1) is 6.58 Å². The Bertz CT molecular complexity index is 1360. The number of aryl methyl sites for hydroxylation is 1. The molecule has 0 bridgehead atoms. The molecule has 0 saturated heterocycles. The minimum Gasteiger partial charge on any atom is -0.348 e. The summed E-state index contributed by atoms with van der Waals surface area (Å²) in [6, 6.07) is 17.1. The van der Waals surface area contributed by atoms with Gasteiger partial charge < -0.3 is 10.6 Å². The van der Waals surface area contributed by atoms with Crippen molar-refractivity contribution < 1.29 is 29.6 Å². The zero-order valence-electron chi connectivity index (χ0n) is 20.7. The highest BCUT2D eigenvalue weighted by Crippen LogP contribution is 2.29. The van der Waals surface area contributed by atoms with Gasteiger partial charge in [0.25, 0.3) is 10.0 Å². The molecule has 3 amide bonds. The molecule has 4 rings (SSSR count). The molecule has 3 aromatic carbocycles. The van der Waals surface area contributed by atoms with Crippen LogP contribution in [0.1, 0.15) is 33.9 Å². The number of benzene rings is 3. The molecule has 7 nitrogen and oxygen atoms in total. The first-order valence-corrected chi connectivity index (χ1v) is 12.7. The molecular formula is C27H33F2N3O4S. The van der Waals surface area contributed by atoms with Crippen molar-refractivity contribution in [3.63, 3.8) is 0 Å². The maximum atomic E-state index is 13.8. The summed E-state index contributed by atoms with van der Waals surface area (Å²) >= 11 is 0. The van der Waals surface area contributed by atoms with Crippen LogP contribution in [-0.4, -0.2) is 31.2 Å². The number of anilines is 1. The Balaban J connectivity index is 0.00000102. The van der Waals surface area contributed by atoms with Gasteiger partial charge in [-0.1, -0.05) is 60.2 Å². The average Bonchev–Trinajstić information content (AvgIpc) is 2.83. The van der Waals surface area contributed by atoms with E-state index in [1.54, 1.807) is 12.1 Å². The van der Waals surface area contributed by atoms with Gasteiger partial charge in [0.1, 0.15) is 23.1 Å². The minimum absolute atomic E-state index is 0. The highest BCUT2D eigenvalue weighted by Gasteiger charge is 2.37. The maximum absolute atomic E-state index is 13.8. The average molecular weight is 534 g/mol. The third-order valence-corrected chi connectivity index (χ3v) is 6.74. The highest BCUT2D eigenvalue weighted by atomic mass is 32.2. The van der Waals surface area contributed by atoms with Crippen LogP contribution in [0.25, 0.3) is 0 Å². The van der Waals surface area contributed by atoms with Crippen molar-refractivity contribution in [2.45, 2.75) is 31.7 Å². The molecule has 0 fully saturated rings. The number of para-hydroxylation sites is 1. The number of halogens is 2. The second kappa shape index (κ2) is 13.3. The van der Waals surface area contributed by atoms with Gasteiger partial charge in [0.2, 0.25) is 5.91 Å². The van der Waals surface area contributed by atoms with Crippen LogP contribution in [0, 0.1) is 18.6 Å². The number of rotatable bonds is 4. The monoisotopic (exact) mass is 533 g/mol. The highest BCUT2D eigenvalue weighted by molar-refractivity contribution is 7.90. The van der Waals surface area contributed by atoms with Crippen molar-refractivity contribution in [1.29, 1.82) is 0 Å². The Kier molecular flexibility index (Phi) is 10.5. The molecular weight excluding hydrogens is 500 g/mol. The van der Waals surface area contributed by atoms with E-state index in [4.69, 9.17) is 0 Å². The van der Waals surface area contributed by atoms with Crippen LogP contribution in [-0.2, 0) is 14.8 Å². The molecule has 0 unspecified atom stereocenters. The molecule has 3 aromatic rings. The molecule has 1 atom stereocenters. The van der Waals surface area contributed by atoms with Crippen LogP contribution in [0.3, 0.4) is 0 Å². The lowest BCUT2D eigenvalue weighted by Gasteiger charge is -2.28. The summed E-state index contributed by atoms with van der Waals surface area (Å²) in [5.41, 5.74) is 1.48. The lowest BCUT2D eigenvalue weighted by atomic mass is 10.1. The zero-order chi connectivity index (χ0) is 27.6. The van der Waals surface area contributed by atoms with Crippen molar-refractivity contribution in [1.82, 2.24) is 9.62 Å². The summed E-state index contributed by atoms with van der Waals surface area (Å²) < 4.78 is 52.3. The van der Waals surface area contributed by atoms with Crippen LogP contribution in [0.15, 0.2) is 90.3 Å². The second-order valence-electron chi connectivity index (χ2n) is 7.96. The van der Waals surface area contributed by atoms with Crippen molar-refractivity contribution >= 4 is 27.6 Å². The van der Waals surface area contributed by atoms with E-state index in [-0.39, 0.29) is 19.0 Å². The minimum atomic E-state index is -4.20. The van der Waals surface area contributed by atoms with Gasteiger partial charge in [0.05, 0.1) is 11.7 Å². The van der Waals surface area contributed by atoms with Gasteiger partial charge in [-0.2, -0.15) is 0 Å². The molecule has 1 heterocycles. The fourth-order valence-corrected chi connectivity index (χ4v) is 4.68. The second-order valence-corrected chi connectivity index (χ2v) is 9.79. The number of carbonyl (C=O) groups excluding carboxylic acids is 2. The number of carbonyl (C=O) groups is 2. The fraction of sp³-hybridized carbons (Fsp3) is 0.185. The Hall–Kier alpha value is -4.05. The Labute approximate surface area is 218 Å². The molecule has 0 spiro atoms. The van der Waals surface area contributed by atoms with Crippen LogP contribution in [0.2, 0.25) is 0 Å². The molecule has 0 aliphatic carbocycles. The molecule has 1 aliphatic heterocycles. The van der Waals surface area contributed by atoms with E-state index in [0.717, 1.165) is 6.07 Å². The standard InChI is InChI=1S/C17H15F2N3O4S.C7H8.C3H6.2H2/c1-10(12-7-6-11(18)8-13(12)19)20-16(23)9-22-17(24)21-14-4-2-3-5-15(14)27(22,25)26;1-7-5-3-2-4-6-7;1-3-2;;/h2-8,10H,9H2,1H3,(H,20,23)(H,21,24);2-6H,1H3;3H,1H2,2H3;2*1H/t10-;;;;/m0..../s1. The summed E-state index contributed by atoms with van der Waals surface area (Å²) in [7, 11) is -4.20. The number of amides is 3. The number of hydrogen-bond acceptors (Lipinski definition) is 4. The fourth-order valence-electron chi connectivity index (χ4n) is 3.24. The third kappa shape index (κ3) is 7.97. The van der Waals surface area contributed by atoms with Crippen LogP contribution in [0.4, 0.5) is 19.3 Å². The Morgan fingerprint density at radius 3 is 2.27 bits per heavy atom. The molecule has 1 aliphatic rings. The lowest BCUT2D eigenvalue weighted by molar-refractivity contribution is -0.121. The van der Waals surface area contributed by atoms with Crippen LogP contribution >= 0.6 is 0 Å². The van der Waals surface area contributed by atoms with E-state index in [0.29, 0.717) is 10.4 Å². The van der Waals surface area contributed by atoms with Crippen molar-refractivity contribution in [3.8, 4) is 0 Å². The van der Waals surface area contributed by atoms with Crippen molar-refractivity contribution in [2.24, 2.45) is 0 Å². The normalized spacial score (nSPS) is 13.9. The number of urea groups is 1. The molecule has 2 N–H and O–H groups in total. The van der Waals surface area contributed by atoms with Crippen LogP contribution in [0.5, 0.6) is 0 Å². The van der Waals surface area contributed by atoms with Gasteiger partial charge in [-0.25, -0.2) is 26.3 Å². The largest absolute Gasteiger partial charge is 0.348 e. The van der Waals surface area contributed by atoms with Crippen LogP contribution < -0.4 is 10.6 Å². The van der Waals surface area contributed by atoms with E-state index in [2.05, 4.69) is 36.3 Å². The molecule has 0 saturated carbocycles. The smallest absolute Gasteiger partial charge is 0.336 e. The maximum Gasteiger partial charge on any atom is 0.336 e. The Morgan fingerprint density at radius 1 is 1.11 bits per heavy atom. The number of fused-ring (bicyclic) bond motifs is 1. The first-order valence-electron chi connectivity index (χ1n) is 11.3. The van der Waals surface area contributed by atoms with Gasteiger partial charge in [-0.3, -0.25) is 4.79 Å². The van der Waals surface area contributed by atoms with E-state index in [9.17, 15) is 26.8 Å². The molecule has 10 heteroatoms.